The van der Waals surface area contributed by atoms with Crippen molar-refractivity contribution >= 4 is 23.1 Å². The van der Waals surface area contributed by atoms with Crippen LogP contribution in [0.5, 0.6) is 0 Å². The predicted octanol–water partition coefficient (Wildman–Crippen LogP) is 3.42. The van der Waals surface area contributed by atoms with E-state index in [1.165, 1.54) is 37.7 Å². The molecule has 3 N–H and O–H groups in total. The van der Waals surface area contributed by atoms with Crippen LogP contribution in [0.25, 0.3) is 0 Å². The van der Waals surface area contributed by atoms with Gasteiger partial charge >= 0.3 is 0 Å². The summed E-state index contributed by atoms with van der Waals surface area (Å²) in [4.78, 5) is 4.72. The highest BCUT2D eigenvalue weighted by atomic mass is 32.1. The van der Waals surface area contributed by atoms with Gasteiger partial charge in [-0.2, -0.15) is 0 Å². The van der Waals surface area contributed by atoms with Crippen LogP contribution < -0.4 is 16.0 Å². The Bertz CT molecular complexity index is 498. The van der Waals surface area contributed by atoms with Gasteiger partial charge in [-0.05, 0) is 49.5 Å². The van der Waals surface area contributed by atoms with E-state index in [-0.39, 0.29) is 0 Å². The van der Waals surface area contributed by atoms with Crippen molar-refractivity contribution in [2.75, 3.05) is 18.4 Å². The first-order valence-electron chi connectivity index (χ1n) is 9.00. The molecule has 0 atom stereocenters. The smallest absolute Gasteiger partial charge is 0.166 e. The standard InChI is InChI=1S/C18H30N4S/c1-3-6-15(7-4-2)22-18(23)20-13-11-16-10-9-14-8-5-12-19-17(14)21-16/h9-10,15H,3-8,11-13H2,1-2H3,(H,19,21)(H2,20,22,23). The average Bonchev–Trinajstić information content (AvgIpc) is 2.55. The van der Waals surface area contributed by atoms with Crippen LogP contribution in [0.15, 0.2) is 12.1 Å². The minimum absolute atomic E-state index is 0.496. The molecule has 0 saturated heterocycles. The molecule has 0 radical (unpaired) electrons. The summed E-state index contributed by atoms with van der Waals surface area (Å²) in [6.45, 7) is 6.29. The number of anilines is 1. The monoisotopic (exact) mass is 334 g/mol. The third-order valence-electron chi connectivity index (χ3n) is 4.23. The van der Waals surface area contributed by atoms with Gasteiger partial charge < -0.3 is 16.0 Å². The molecule has 0 aromatic carbocycles. The Hall–Kier alpha value is -1.36. The molecular formula is C18H30N4S. The molecule has 128 valence electrons. The number of pyridine rings is 1. The number of thiocarbonyl (C=S) groups is 1. The van der Waals surface area contributed by atoms with Crippen molar-refractivity contribution in [3.05, 3.63) is 23.4 Å². The quantitative estimate of drug-likeness (QED) is 0.636. The van der Waals surface area contributed by atoms with E-state index < -0.39 is 0 Å². The van der Waals surface area contributed by atoms with Gasteiger partial charge in [0.25, 0.3) is 0 Å². The Morgan fingerprint density at radius 3 is 2.83 bits per heavy atom. The van der Waals surface area contributed by atoms with Crippen molar-refractivity contribution < 1.29 is 0 Å². The molecule has 2 rings (SSSR count). The van der Waals surface area contributed by atoms with Gasteiger partial charge in [-0.25, -0.2) is 4.98 Å². The molecule has 1 aliphatic heterocycles. The van der Waals surface area contributed by atoms with Crippen LogP contribution in [0.3, 0.4) is 0 Å². The zero-order valence-electron chi connectivity index (χ0n) is 14.5. The number of hydrogen-bond donors (Lipinski definition) is 3. The van der Waals surface area contributed by atoms with Gasteiger partial charge in [-0.15, -0.1) is 0 Å². The highest BCUT2D eigenvalue weighted by molar-refractivity contribution is 7.80. The Morgan fingerprint density at radius 1 is 1.30 bits per heavy atom. The average molecular weight is 335 g/mol. The number of rotatable bonds is 8. The first kappa shape index (κ1) is 18.0. The fourth-order valence-corrected chi connectivity index (χ4v) is 3.30. The summed E-state index contributed by atoms with van der Waals surface area (Å²) >= 11 is 5.42. The summed E-state index contributed by atoms with van der Waals surface area (Å²) in [7, 11) is 0. The Kier molecular flexibility index (Phi) is 7.59. The largest absolute Gasteiger partial charge is 0.370 e. The molecule has 23 heavy (non-hydrogen) atoms. The Morgan fingerprint density at radius 2 is 2.09 bits per heavy atom. The van der Waals surface area contributed by atoms with Crippen molar-refractivity contribution in [3.8, 4) is 0 Å². The summed E-state index contributed by atoms with van der Waals surface area (Å²) in [5.74, 6) is 1.07. The lowest BCUT2D eigenvalue weighted by Crippen LogP contribution is -2.42. The summed E-state index contributed by atoms with van der Waals surface area (Å²) in [5.41, 5.74) is 2.46. The second-order valence-corrected chi connectivity index (χ2v) is 6.67. The highest BCUT2D eigenvalue weighted by Crippen LogP contribution is 2.19. The topological polar surface area (TPSA) is 49.0 Å². The Balaban J connectivity index is 1.74. The zero-order valence-corrected chi connectivity index (χ0v) is 15.3. The zero-order chi connectivity index (χ0) is 16.5. The van der Waals surface area contributed by atoms with E-state index in [1.807, 2.05) is 0 Å². The van der Waals surface area contributed by atoms with E-state index in [0.717, 1.165) is 42.6 Å². The van der Waals surface area contributed by atoms with Gasteiger partial charge in [0.2, 0.25) is 0 Å². The first-order chi connectivity index (χ1) is 11.2. The van der Waals surface area contributed by atoms with Crippen LogP contribution in [0.4, 0.5) is 5.82 Å². The van der Waals surface area contributed by atoms with E-state index in [2.05, 4.69) is 41.9 Å². The highest BCUT2D eigenvalue weighted by Gasteiger charge is 2.11. The fourth-order valence-electron chi connectivity index (χ4n) is 3.03. The van der Waals surface area contributed by atoms with E-state index in [9.17, 15) is 0 Å². The number of fused-ring (bicyclic) bond motifs is 1. The fraction of sp³-hybridized carbons (Fsp3) is 0.667. The molecule has 0 unspecified atom stereocenters. The Labute approximate surface area is 145 Å². The normalized spacial score (nSPS) is 13.3. The van der Waals surface area contributed by atoms with Crippen LogP contribution in [0, 0.1) is 0 Å². The summed E-state index contributed by atoms with van der Waals surface area (Å²) in [5, 5.41) is 10.9. The maximum atomic E-state index is 5.42. The number of hydrogen-bond acceptors (Lipinski definition) is 3. The minimum atomic E-state index is 0.496. The molecule has 1 aromatic rings. The van der Waals surface area contributed by atoms with Crippen LogP contribution in [-0.4, -0.2) is 29.2 Å². The van der Waals surface area contributed by atoms with Crippen molar-refractivity contribution in [1.29, 1.82) is 0 Å². The van der Waals surface area contributed by atoms with Crippen molar-refractivity contribution in [2.24, 2.45) is 0 Å². The molecule has 0 spiro atoms. The number of nitrogens with one attached hydrogen (secondary N) is 3. The van der Waals surface area contributed by atoms with Crippen molar-refractivity contribution in [3.63, 3.8) is 0 Å². The van der Waals surface area contributed by atoms with Crippen LogP contribution in [-0.2, 0) is 12.8 Å². The van der Waals surface area contributed by atoms with Gasteiger partial charge in [0.15, 0.2) is 5.11 Å². The first-order valence-corrected chi connectivity index (χ1v) is 9.40. The van der Waals surface area contributed by atoms with E-state index in [0.29, 0.717) is 6.04 Å². The summed E-state index contributed by atoms with van der Waals surface area (Å²) in [6.07, 6.45) is 7.95. The molecule has 4 nitrogen and oxygen atoms in total. The number of aromatic nitrogens is 1. The van der Waals surface area contributed by atoms with Crippen LogP contribution in [0.2, 0.25) is 0 Å². The summed E-state index contributed by atoms with van der Waals surface area (Å²) < 4.78 is 0. The lowest BCUT2D eigenvalue weighted by molar-refractivity contribution is 0.506. The van der Waals surface area contributed by atoms with Crippen molar-refractivity contribution in [2.45, 2.75) is 64.8 Å². The van der Waals surface area contributed by atoms with Crippen molar-refractivity contribution in [1.82, 2.24) is 15.6 Å². The van der Waals surface area contributed by atoms with Gasteiger partial charge in [-0.3, -0.25) is 0 Å². The molecular weight excluding hydrogens is 304 g/mol. The molecule has 0 bridgehead atoms. The maximum Gasteiger partial charge on any atom is 0.166 e. The van der Waals surface area contributed by atoms with E-state index in [4.69, 9.17) is 17.2 Å². The molecule has 0 fully saturated rings. The second kappa shape index (κ2) is 9.71. The van der Waals surface area contributed by atoms with Gasteiger partial charge in [-0.1, -0.05) is 32.8 Å². The van der Waals surface area contributed by atoms with Gasteiger partial charge in [0.1, 0.15) is 5.82 Å². The second-order valence-electron chi connectivity index (χ2n) is 6.27. The van der Waals surface area contributed by atoms with Crippen LogP contribution >= 0.6 is 12.2 Å². The molecule has 5 heteroatoms. The van der Waals surface area contributed by atoms with E-state index >= 15 is 0 Å². The molecule has 1 aromatic heterocycles. The maximum absolute atomic E-state index is 5.42. The minimum Gasteiger partial charge on any atom is -0.370 e. The molecule has 1 aliphatic rings. The third-order valence-corrected chi connectivity index (χ3v) is 4.49. The lowest BCUT2D eigenvalue weighted by Gasteiger charge is -2.20. The molecule has 0 aliphatic carbocycles. The predicted molar refractivity (Wildman–Crippen MR) is 102 cm³/mol. The van der Waals surface area contributed by atoms with Crippen LogP contribution in [0.1, 0.15) is 57.2 Å². The lowest BCUT2D eigenvalue weighted by atomic mass is 10.1. The van der Waals surface area contributed by atoms with Gasteiger partial charge in [0.05, 0.1) is 0 Å². The summed E-state index contributed by atoms with van der Waals surface area (Å²) in [6, 6.07) is 4.84. The molecule has 2 heterocycles. The number of nitrogens with zero attached hydrogens (tertiary/aromatic N) is 1. The number of aryl methyl sites for hydroxylation is 1. The third kappa shape index (κ3) is 5.98. The molecule has 0 saturated carbocycles. The molecule has 0 amide bonds. The van der Waals surface area contributed by atoms with E-state index in [1.54, 1.807) is 0 Å². The van der Waals surface area contributed by atoms with Gasteiger partial charge in [0, 0.05) is 31.2 Å². The SMILES string of the molecule is CCCC(CCC)NC(=S)NCCc1ccc2c(n1)NCCC2.